The van der Waals surface area contributed by atoms with Gasteiger partial charge in [0.15, 0.2) is 11.5 Å². The Morgan fingerprint density at radius 1 is 1.28 bits per heavy atom. The summed E-state index contributed by atoms with van der Waals surface area (Å²) in [6.07, 6.45) is 4.62. The second kappa shape index (κ2) is 4.90. The number of rotatable bonds is 2. The molecule has 1 heterocycles. The van der Waals surface area contributed by atoms with Gasteiger partial charge in [0.1, 0.15) is 5.52 Å². The van der Waals surface area contributed by atoms with Crippen LogP contribution in [0.25, 0.3) is 11.1 Å². The minimum absolute atomic E-state index is 0.443. The van der Waals surface area contributed by atoms with E-state index >= 15 is 0 Å². The predicted octanol–water partition coefficient (Wildman–Crippen LogP) is 3.71. The molecule has 0 spiro atoms. The lowest BCUT2D eigenvalue weighted by molar-refractivity contribution is 0.301. The van der Waals surface area contributed by atoms with Crippen molar-refractivity contribution in [1.29, 1.82) is 0 Å². The molecule has 1 saturated carbocycles. The van der Waals surface area contributed by atoms with Gasteiger partial charge in [-0.2, -0.15) is 0 Å². The molecule has 1 aromatic carbocycles. The third-order valence-corrected chi connectivity index (χ3v) is 4.13. The van der Waals surface area contributed by atoms with Crippen LogP contribution in [-0.4, -0.2) is 11.5 Å². The zero-order valence-corrected chi connectivity index (χ0v) is 11.0. The average Bonchev–Trinajstić information content (AvgIpc) is 2.81. The number of halogens is 1. The van der Waals surface area contributed by atoms with Crippen molar-refractivity contribution in [3.05, 3.63) is 29.1 Å². The summed E-state index contributed by atoms with van der Waals surface area (Å²) in [5.74, 6) is 1.99. The number of fused-ring (bicyclic) bond motifs is 1. The van der Waals surface area contributed by atoms with Crippen LogP contribution in [0.4, 0.5) is 0 Å². The van der Waals surface area contributed by atoms with E-state index in [1.807, 2.05) is 18.2 Å². The highest BCUT2D eigenvalue weighted by atomic mass is 35.5. The van der Waals surface area contributed by atoms with Crippen molar-refractivity contribution in [3.63, 3.8) is 0 Å². The minimum Gasteiger partial charge on any atom is -0.440 e. The second-order valence-corrected chi connectivity index (χ2v) is 5.55. The molecule has 1 aliphatic carbocycles. The van der Waals surface area contributed by atoms with E-state index in [-0.39, 0.29) is 0 Å². The topological polar surface area (TPSA) is 52.0 Å². The molecule has 0 radical (unpaired) electrons. The Labute approximate surface area is 111 Å². The third-order valence-electron chi connectivity index (χ3n) is 3.90. The van der Waals surface area contributed by atoms with Crippen LogP contribution in [-0.2, 0) is 0 Å². The monoisotopic (exact) mass is 264 g/mol. The van der Waals surface area contributed by atoms with Crippen molar-refractivity contribution in [2.45, 2.75) is 31.6 Å². The van der Waals surface area contributed by atoms with Gasteiger partial charge in [0.25, 0.3) is 0 Å². The molecule has 0 aliphatic heterocycles. The molecule has 1 aromatic heterocycles. The van der Waals surface area contributed by atoms with Gasteiger partial charge in [-0.25, -0.2) is 4.98 Å². The molecule has 2 aromatic rings. The first-order valence-corrected chi connectivity index (χ1v) is 6.90. The zero-order chi connectivity index (χ0) is 12.5. The molecule has 3 nitrogen and oxygen atoms in total. The van der Waals surface area contributed by atoms with Crippen molar-refractivity contribution >= 4 is 22.7 Å². The van der Waals surface area contributed by atoms with E-state index in [9.17, 15) is 0 Å². The molecule has 4 heteroatoms. The van der Waals surface area contributed by atoms with Crippen LogP contribution < -0.4 is 5.73 Å². The van der Waals surface area contributed by atoms with Gasteiger partial charge < -0.3 is 10.2 Å². The molecular formula is C14H17ClN2O. The van der Waals surface area contributed by atoms with E-state index in [1.54, 1.807) is 0 Å². The summed E-state index contributed by atoms with van der Waals surface area (Å²) < 4.78 is 5.83. The minimum atomic E-state index is 0.443. The Morgan fingerprint density at radius 3 is 2.78 bits per heavy atom. The molecule has 18 heavy (non-hydrogen) atoms. The molecule has 3 rings (SSSR count). The Bertz CT molecular complexity index is 544. The lowest BCUT2D eigenvalue weighted by Gasteiger charge is -2.25. The summed E-state index contributed by atoms with van der Waals surface area (Å²) >= 11 is 5.96. The van der Waals surface area contributed by atoms with Crippen molar-refractivity contribution in [2.24, 2.45) is 11.7 Å². The summed E-state index contributed by atoms with van der Waals surface area (Å²) in [6.45, 7) is 0.801. The van der Waals surface area contributed by atoms with E-state index in [4.69, 9.17) is 21.8 Å². The van der Waals surface area contributed by atoms with Gasteiger partial charge in [0, 0.05) is 10.9 Å². The maximum absolute atomic E-state index is 5.96. The quantitative estimate of drug-likeness (QED) is 0.900. The second-order valence-electron chi connectivity index (χ2n) is 5.12. The molecule has 2 N–H and O–H groups in total. The molecule has 0 atom stereocenters. The van der Waals surface area contributed by atoms with E-state index in [0.29, 0.717) is 16.9 Å². The van der Waals surface area contributed by atoms with Gasteiger partial charge in [-0.05, 0) is 56.3 Å². The van der Waals surface area contributed by atoms with Crippen molar-refractivity contribution in [1.82, 2.24) is 4.98 Å². The number of nitrogens with two attached hydrogens (primary N) is 1. The van der Waals surface area contributed by atoms with E-state index in [2.05, 4.69) is 4.98 Å². The van der Waals surface area contributed by atoms with Gasteiger partial charge in [0.05, 0.1) is 0 Å². The highest BCUT2D eigenvalue weighted by molar-refractivity contribution is 6.31. The smallest absolute Gasteiger partial charge is 0.198 e. The SMILES string of the molecule is NCC1CCC(c2nc3cc(Cl)ccc3o2)CC1. The van der Waals surface area contributed by atoms with Crippen LogP contribution in [0.1, 0.15) is 37.5 Å². The normalized spacial score (nSPS) is 24.6. The fourth-order valence-corrected chi connectivity index (χ4v) is 2.90. The summed E-state index contributed by atoms with van der Waals surface area (Å²) in [7, 11) is 0. The highest BCUT2D eigenvalue weighted by Gasteiger charge is 2.25. The lowest BCUT2D eigenvalue weighted by atomic mass is 9.82. The molecule has 1 aliphatic rings. The van der Waals surface area contributed by atoms with E-state index < -0.39 is 0 Å². The molecular weight excluding hydrogens is 248 g/mol. The highest BCUT2D eigenvalue weighted by Crippen LogP contribution is 2.36. The number of nitrogens with zero attached hydrogens (tertiary/aromatic N) is 1. The number of hydrogen-bond acceptors (Lipinski definition) is 3. The van der Waals surface area contributed by atoms with Crippen molar-refractivity contribution < 1.29 is 4.42 Å². The molecule has 0 saturated heterocycles. The predicted molar refractivity (Wildman–Crippen MR) is 72.8 cm³/mol. The molecule has 0 amide bonds. The fraction of sp³-hybridized carbons (Fsp3) is 0.500. The van der Waals surface area contributed by atoms with Gasteiger partial charge in [-0.15, -0.1) is 0 Å². The molecule has 96 valence electrons. The Morgan fingerprint density at radius 2 is 2.06 bits per heavy atom. The van der Waals surface area contributed by atoms with Gasteiger partial charge in [-0.3, -0.25) is 0 Å². The van der Waals surface area contributed by atoms with Crippen molar-refractivity contribution in [3.8, 4) is 0 Å². The van der Waals surface area contributed by atoms with Gasteiger partial charge in [-0.1, -0.05) is 11.6 Å². The van der Waals surface area contributed by atoms with E-state index in [1.165, 1.54) is 12.8 Å². The number of aromatic nitrogens is 1. The Kier molecular flexibility index (Phi) is 3.27. The first-order valence-electron chi connectivity index (χ1n) is 6.52. The zero-order valence-electron chi connectivity index (χ0n) is 10.2. The fourth-order valence-electron chi connectivity index (χ4n) is 2.74. The van der Waals surface area contributed by atoms with Crippen LogP contribution in [0.5, 0.6) is 0 Å². The maximum atomic E-state index is 5.96. The summed E-state index contributed by atoms with van der Waals surface area (Å²) in [5, 5.41) is 0.703. The number of hydrogen-bond donors (Lipinski definition) is 1. The number of oxazole rings is 1. The van der Waals surface area contributed by atoms with Gasteiger partial charge >= 0.3 is 0 Å². The first-order chi connectivity index (χ1) is 8.76. The summed E-state index contributed by atoms with van der Waals surface area (Å²) in [6, 6.07) is 5.58. The average molecular weight is 265 g/mol. The third kappa shape index (κ3) is 2.25. The van der Waals surface area contributed by atoms with Crippen LogP contribution in [0.15, 0.2) is 22.6 Å². The Hall–Kier alpha value is -1.06. The lowest BCUT2D eigenvalue weighted by Crippen LogP contribution is -2.20. The van der Waals surface area contributed by atoms with Crippen LogP contribution in [0.2, 0.25) is 5.02 Å². The van der Waals surface area contributed by atoms with Gasteiger partial charge in [0.2, 0.25) is 0 Å². The first kappa shape index (κ1) is 12.0. The molecule has 1 fully saturated rings. The number of benzene rings is 1. The summed E-state index contributed by atoms with van der Waals surface area (Å²) in [5.41, 5.74) is 7.40. The largest absolute Gasteiger partial charge is 0.440 e. The van der Waals surface area contributed by atoms with Crippen LogP contribution in [0.3, 0.4) is 0 Å². The molecule has 0 bridgehead atoms. The van der Waals surface area contributed by atoms with Crippen LogP contribution >= 0.6 is 11.6 Å². The maximum Gasteiger partial charge on any atom is 0.198 e. The van der Waals surface area contributed by atoms with Crippen molar-refractivity contribution in [2.75, 3.05) is 6.54 Å². The molecule has 0 unspecified atom stereocenters. The van der Waals surface area contributed by atoms with Crippen LogP contribution in [0, 0.1) is 5.92 Å². The van der Waals surface area contributed by atoms with E-state index in [0.717, 1.165) is 36.4 Å². The summed E-state index contributed by atoms with van der Waals surface area (Å²) in [4.78, 5) is 4.57. The standard InChI is InChI=1S/C14H17ClN2O/c15-11-5-6-13-12(7-11)17-14(18-13)10-3-1-9(8-16)2-4-10/h5-7,9-10H,1-4,8,16H2. The Balaban J connectivity index is 1.82.